The maximum atomic E-state index is 12.6. The average Bonchev–Trinajstić information content (AvgIpc) is 3.17. The quantitative estimate of drug-likeness (QED) is 0.262. The summed E-state index contributed by atoms with van der Waals surface area (Å²) in [6.45, 7) is 19.1. The highest BCUT2D eigenvalue weighted by molar-refractivity contribution is 5.87. The van der Waals surface area contributed by atoms with Crippen molar-refractivity contribution in [1.82, 2.24) is 19.8 Å². The minimum absolute atomic E-state index is 0.141. The van der Waals surface area contributed by atoms with E-state index < -0.39 is 0 Å². The molecule has 2 atom stereocenters. The van der Waals surface area contributed by atoms with Crippen LogP contribution >= 0.6 is 0 Å². The maximum Gasteiger partial charge on any atom is 0.318 e. The number of amides is 1. The van der Waals surface area contributed by atoms with Gasteiger partial charge in [-0.05, 0) is 67.2 Å². The van der Waals surface area contributed by atoms with Crippen LogP contribution in [0.15, 0.2) is 73.0 Å². The number of hydrogen-bond donors (Lipinski definition) is 0. The topological polar surface area (TPSA) is 85.6 Å². The van der Waals surface area contributed by atoms with E-state index in [-0.39, 0.29) is 30.4 Å². The van der Waals surface area contributed by atoms with Crippen molar-refractivity contribution in [3.63, 3.8) is 0 Å². The Balaban J connectivity index is 1.49. The molecule has 1 aromatic heterocycles. The van der Waals surface area contributed by atoms with Gasteiger partial charge in [0.15, 0.2) is 0 Å². The van der Waals surface area contributed by atoms with Crippen LogP contribution in [0.25, 0.3) is 0 Å². The molecule has 1 fully saturated rings. The number of allylic oxidation sites excluding steroid dienone is 5. The van der Waals surface area contributed by atoms with Gasteiger partial charge in [-0.1, -0.05) is 57.9 Å². The van der Waals surface area contributed by atoms with Crippen LogP contribution in [-0.2, 0) is 17.6 Å². The van der Waals surface area contributed by atoms with Crippen molar-refractivity contribution in [3.05, 3.63) is 84.3 Å². The van der Waals surface area contributed by atoms with E-state index in [9.17, 15) is 10.1 Å². The highest BCUT2D eigenvalue weighted by atomic mass is 16.5. The summed E-state index contributed by atoms with van der Waals surface area (Å²) in [5, 5.41) is 9.55. The Kier molecular flexibility index (Phi) is 9.73. The average molecular weight is 595 g/mol. The molecule has 4 aliphatic rings. The minimum atomic E-state index is -0.240. The molecule has 44 heavy (non-hydrogen) atoms. The van der Waals surface area contributed by atoms with E-state index >= 15 is 0 Å². The molecule has 5 rings (SSSR count). The second kappa shape index (κ2) is 13.7. The number of carbonyl (C=O) groups excluding carboxylic acids is 1. The molecule has 2 unspecified atom stereocenters. The van der Waals surface area contributed by atoms with Gasteiger partial charge in [0, 0.05) is 49.9 Å². The molecule has 0 N–H and O–H groups in total. The molecule has 0 aromatic carbocycles. The summed E-state index contributed by atoms with van der Waals surface area (Å²) in [5.41, 5.74) is 6.32. The molecule has 1 aromatic rings. The first-order chi connectivity index (χ1) is 21.3. The highest BCUT2D eigenvalue weighted by Gasteiger charge is 2.37. The summed E-state index contributed by atoms with van der Waals surface area (Å²) in [6, 6.07) is 2.70. The van der Waals surface area contributed by atoms with Gasteiger partial charge in [0.2, 0.25) is 5.91 Å². The lowest BCUT2D eigenvalue weighted by Gasteiger charge is -2.43. The smallest absolute Gasteiger partial charge is 0.318 e. The van der Waals surface area contributed by atoms with Gasteiger partial charge in [-0.2, -0.15) is 15.2 Å². The first-order valence-electron chi connectivity index (χ1n) is 15.9. The Hall–Kier alpha value is -4.12. The number of aromatic nitrogens is 2. The maximum absolute atomic E-state index is 12.6. The van der Waals surface area contributed by atoms with Crippen LogP contribution in [0.4, 0.5) is 5.82 Å². The third-order valence-electron chi connectivity index (χ3n) is 9.44. The third-order valence-corrected chi connectivity index (χ3v) is 9.44. The Labute approximate surface area is 262 Å². The number of hydrogen-bond acceptors (Lipinski definition) is 7. The summed E-state index contributed by atoms with van der Waals surface area (Å²) in [4.78, 5) is 29.2. The Morgan fingerprint density at radius 1 is 1.18 bits per heavy atom. The number of piperazine rings is 1. The fourth-order valence-electron chi connectivity index (χ4n) is 7.05. The number of fused-ring (bicyclic) bond motifs is 1. The molecule has 2 aliphatic heterocycles. The lowest BCUT2D eigenvalue weighted by Crippen LogP contribution is -2.55. The molecule has 0 saturated carbocycles. The molecular weight excluding hydrogens is 548 g/mol. The van der Waals surface area contributed by atoms with E-state index in [4.69, 9.17) is 14.7 Å². The van der Waals surface area contributed by atoms with Gasteiger partial charge in [0.25, 0.3) is 0 Å². The second-order valence-electron chi connectivity index (χ2n) is 13.0. The van der Waals surface area contributed by atoms with Gasteiger partial charge in [0.05, 0.1) is 24.2 Å². The highest BCUT2D eigenvalue weighted by Crippen LogP contribution is 2.41. The normalized spacial score (nSPS) is 23.2. The molecule has 2 aliphatic carbocycles. The SMILES string of the molecule is C=C/C=C(\C=C)COc1nc2c(c(N3CCN(C(=O)C=C)C(CC#N)C3)n1)CCC(N1CC(C)(C)CCC3=C1C=CCC3)C2. The van der Waals surface area contributed by atoms with E-state index in [1.165, 1.54) is 24.6 Å². The monoisotopic (exact) mass is 594 g/mol. The minimum Gasteiger partial charge on any atom is -0.459 e. The van der Waals surface area contributed by atoms with Gasteiger partial charge >= 0.3 is 6.01 Å². The molecule has 1 saturated heterocycles. The summed E-state index contributed by atoms with van der Waals surface area (Å²) < 4.78 is 6.18. The zero-order chi connectivity index (χ0) is 31.3. The first kappa shape index (κ1) is 31.3. The molecule has 8 nitrogen and oxygen atoms in total. The van der Waals surface area contributed by atoms with E-state index in [1.807, 2.05) is 6.08 Å². The number of ether oxygens (including phenoxy) is 1. The summed E-state index contributed by atoms with van der Waals surface area (Å²) in [5.74, 6) is 0.719. The molecule has 0 spiro atoms. The third kappa shape index (κ3) is 6.83. The van der Waals surface area contributed by atoms with E-state index in [0.717, 1.165) is 61.3 Å². The standard InChI is InChI=1S/C36H46N6O2/c1-6-11-26(7-2)24-44-35-38-31-22-28(42-25-36(4,5)18-16-27-12-9-10-13-32(27)42)14-15-30(31)34(39-35)40-20-21-41(33(43)8-3)29(23-40)17-19-37/h6-8,10-11,13,28-29H,1-3,9,12,14-18,20-25H2,4-5H3/b26-11+. The Morgan fingerprint density at radius 3 is 2.77 bits per heavy atom. The zero-order valence-electron chi connectivity index (χ0n) is 26.4. The van der Waals surface area contributed by atoms with Gasteiger partial charge in [-0.15, -0.1) is 0 Å². The van der Waals surface area contributed by atoms with Crippen molar-refractivity contribution in [2.45, 2.75) is 77.3 Å². The van der Waals surface area contributed by atoms with Crippen molar-refractivity contribution in [2.75, 3.05) is 37.7 Å². The van der Waals surface area contributed by atoms with Crippen molar-refractivity contribution in [3.8, 4) is 12.1 Å². The van der Waals surface area contributed by atoms with Crippen LogP contribution in [0.2, 0.25) is 0 Å². The van der Waals surface area contributed by atoms with E-state index in [2.05, 4.69) is 61.6 Å². The lowest BCUT2D eigenvalue weighted by molar-refractivity contribution is -0.128. The van der Waals surface area contributed by atoms with Crippen molar-refractivity contribution in [1.29, 1.82) is 5.26 Å². The predicted octanol–water partition coefficient (Wildman–Crippen LogP) is 5.85. The largest absolute Gasteiger partial charge is 0.459 e. The van der Waals surface area contributed by atoms with Crippen LogP contribution in [0, 0.1) is 16.7 Å². The first-order valence-corrected chi connectivity index (χ1v) is 15.9. The summed E-state index contributed by atoms with van der Waals surface area (Å²) >= 11 is 0. The van der Waals surface area contributed by atoms with Gasteiger partial charge in [-0.3, -0.25) is 4.79 Å². The van der Waals surface area contributed by atoms with Crippen LogP contribution in [0.1, 0.15) is 63.6 Å². The molecule has 3 heterocycles. The van der Waals surface area contributed by atoms with Gasteiger partial charge in [-0.25, -0.2) is 0 Å². The number of carbonyl (C=O) groups is 1. The van der Waals surface area contributed by atoms with E-state index in [0.29, 0.717) is 31.7 Å². The van der Waals surface area contributed by atoms with Crippen LogP contribution in [0.3, 0.4) is 0 Å². The lowest BCUT2D eigenvalue weighted by atomic mass is 9.85. The molecular formula is C36H46N6O2. The number of rotatable bonds is 9. The summed E-state index contributed by atoms with van der Waals surface area (Å²) in [6.07, 6.45) is 19.0. The summed E-state index contributed by atoms with van der Waals surface area (Å²) in [7, 11) is 0. The van der Waals surface area contributed by atoms with E-state index in [1.54, 1.807) is 22.6 Å². The Morgan fingerprint density at radius 2 is 2.02 bits per heavy atom. The fourth-order valence-corrected chi connectivity index (χ4v) is 7.05. The molecule has 8 heteroatoms. The van der Waals surface area contributed by atoms with Crippen molar-refractivity contribution in [2.24, 2.45) is 5.41 Å². The fraction of sp³-hybridized carbons (Fsp3) is 0.500. The molecule has 232 valence electrons. The predicted molar refractivity (Wildman–Crippen MR) is 175 cm³/mol. The Bertz CT molecular complexity index is 1430. The van der Waals surface area contributed by atoms with Crippen molar-refractivity contribution < 1.29 is 9.53 Å². The molecule has 0 bridgehead atoms. The van der Waals surface area contributed by atoms with Gasteiger partial charge < -0.3 is 19.4 Å². The van der Waals surface area contributed by atoms with Crippen LogP contribution in [-0.4, -0.2) is 70.5 Å². The molecule has 0 radical (unpaired) electrons. The number of nitrogens with zero attached hydrogens (tertiary/aromatic N) is 6. The van der Waals surface area contributed by atoms with Crippen molar-refractivity contribution >= 4 is 11.7 Å². The number of anilines is 1. The second-order valence-corrected chi connectivity index (χ2v) is 13.0. The zero-order valence-corrected chi connectivity index (χ0v) is 26.4. The molecule has 1 amide bonds. The van der Waals surface area contributed by atoms with Gasteiger partial charge in [0.1, 0.15) is 12.4 Å². The number of nitriles is 1. The van der Waals surface area contributed by atoms with Crippen LogP contribution < -0.4 is 9.64 Å². The van der Waals surface area contributed by atoms with Crippen LogP contribution in [0.5, 0.6) is 6.01 Å².